The van der Waals surface area contributed by atoms with Crippen LogP contribution in [-0.4, -0.2) is 19.1 Å². The van der Waals surface area contributed by atoms with Crippen molar-refractivity contribution in [1.29, 1.82) is 0 Å². The van der Waals surface area contributed by atoms with Crippen molar-refractivity contribution in [3.8, 4) is 5.75 Å². The highest BCUT2D eigenvalue weighted by atomic mass is 35.5. The first-order valence-electron chi connectivity index (χ1n) is 7.50. The molecule has 2 atom stereocenters. The van der Waals surface area contributed by atoms with Gasteiger partial charge < -0.3 is 14.8 Å². The van der Waals surface area contributed by atoms with E-state index in [1.54, 1.807) is 25.3 Å². The Hall–Kier alpha value is -1.91. The van der Waals surface area contributed by atoms with Crippen LogP contribution in [0, 0.1) is 0 Å². The zero-order valence-corrected chi connectivity index (χ0v) is 14.8. The van der Waals surface area contributed by atoms with Gasteiger partial charge in [-0.1, -0.05) is 35.3 Å². The van der Waals surface area contributed by atoms with Crippen LogP contribution in [0.1, 0.15) is 18.9 Å². The minimum absolute atomic E-state index is 0.309. The Kier molecular flexibility index (Phi) is 4.61. The third kappa shape index (κ3) is 3.45. The second kappa shape index (κ2) is 6.54. The van der Waals surface area contributed by atoms with Crippen molar-refractivity contribution in [2.24, 2.45) is 0 Å². The van der Waals surface area contributed by atoms with Gasteiger partial charge in [-0.05, 0) is 42.8 Å². The van der Waals surface area contributed by atoms with Gasteiger partial charge in [-0.15, -0.1) is 0 Å². The summed E-state index contributed by atoms with van der Waals surface area (Å²) in [6, 6.07) is 12.2. The maximum Gasteiger partial charge on any atom is 0.329 e. The molecular weight excluding hydrogens is 349 g/mol. The minimum atomic E-state index is -0.717. The number of anilines is 1. The highest BCUT2D eigenvalue weighted by Crippen LogP contribution is 2.39. The van der Waals surface area contributed by atoms with E-state index in [-0.39, 0.29) is 5.97 Å². The lowest BCUT2D eigenvalue weighted by atomic mass is 9.91. The van der Waals surface area contributed by atoms with E-state index in [2.05, 4.69) is 5.32 Å². The summed E-state index contributed by atoms with van der Waals surface area (Å²) >= 11 is 12.0. The van der Waals surface area contributed by atoms with Crippen molar-refractivity contribution >= 4 is 34.9 Å². The number of halogens is 2. The largest absolute Gasteiger partial charge is 0.497 e. The summed E-state index contributed by atoms with van der Waals surface area (Å²) in [5.41, 5.74) is 0.860. The van der Waals surface area contributed by atoms with Gasteiger partial charge in [-0.25, -0.2) is 4.79 Å². The van der Waals surface area contributed by atoms with E-state index >= 15 is 0 Å². The number of carbonyl (C=O) groups excluding carboxylic acids is 1. The summed E-state index contributed by atoms with van der Waals surface area (Å²) in [4.78, 5) is 12.3. The zero-order chi connectivity index (χ0) is 17.3. The third-order valence-electron chi connectivity index (χ3n) is 4.09. The topological polar surface area (TPSA) is 47.6 Å². The van der Waals surface area contributed by atoms with Crippen molar-refractivity contribution in [3.63, 3.8) is 0 Å². The molecule has 1 N–H and O–H groups in total. The van der Waals surface area contributed by atoms with Crippen LogP contribution in [-0.2, 0) is 15.1 Å². The van der Waals surface area contributed by atoms with Crippen molar-refractivity contribution in [1.82, 2.24) is 0 Å². The van der Waals surface area contributed by atoms with Gasteiger partial charge in [0.25, 0.3) is 0 Å². The Morgan fingerprint density at radius 2 is 1.92 bits per heavy atom. The van der Waals surface area contributed by atoms with Crippen LogP contribution in [0.25, 0.3) is 0 Å². The first-order chi connectivity index (χ1) is 11.4. The normalized spacial score (nSPS) is 23.0. The highest BCUT2D eigenvalue weighted by Gasteiger charge is 2.44. The lowest BCUT2D eigenvalue weighted by Gasteiger charge is -2.23. The summed E-state index contributed by atoms with van der Waals surface area (Å²) in [7, 11) is 1.61. The molecule has 24 heavy (non-hydrogen) atoms. The van der Waals surface area contributed by atoms with Crippen LogP contribution in [0.5, 0.6) is 5.75 Å². The molecule has 126 valence electrons. The Labute approximate surface area is 150 Å². The first-order valence-corrected chi connectivity index (χ1v) is 8.25. The lowest BCUT2D eigenvalue weighted by Crippen LogP contribution is -2.25. The molecule has 0 radical (unpaired) electrons. The predicted octanol–water partition coefficient (Wildman–Crippen LogP) is 4.64. The molecule has 3 rings (SSSR count). The quantitative estimate of drug-likeness (QED) is 0.801. The molecule has 1 saturated heterocycles. The minimum Gasteiger partial charge on any atom is -0.497 e. The van der Waals surface area contributed by atoms with Gasteiger partial charge in [0.1, 0.15) is 17.4 Å². The second-order valence-corrected chi connectivity index (χ2v) is 6.82. The number of nitrogens with one attached hydrogen (secondary N) is 1. The smallest absolute Gasteiger partial charge is 0.329 e. The molecule has 1 aliphatic rings. The van der Waals surface area contributed by atoms with Gasteiger partial charge in [-0.2, -0.15) is 0 Å². The number of ether oxygens (including phenoxy) is 2. The van der Waals surface area contributed by atoms with E-state index in [0.717, 1.165) is 11.3 Å². The van der Waals surface area contributed by atoms with Crippen molar-refractivity contribution in [3.05, 3.63) is 58.1 Å². The summed E-state index contributed by atoms with van der Waals surface area (Å²) in [6.45, 7) is 1.90. The summed E-state index contributed by atoms with van der Waals surface area (Å²) in [5.74, 6) is 0.416. The fourth-order valence-corrected chi connectivity index (χ4v) is 3.41. The molecule has 0 aromatic heterocycles. The molecule has 1 heterocycles. The molecule has 6 heteroatoms. The molecule has 0 spiro atoms. The predicted molar refractivity (Wildman–Crippen MR) is 94.9 cm³/mol. The number of methoxy groups -OCH3 is 1. The van der Waals surface area contributed by atoms with Gasteiger partial charge in [0.15, 0.2) is 0 Å². The van der Waals surface area contributed by atoms with E-state index < -0.39 is 11.6 Å². The van der Waals surface area contributed by atoms with Gasteiger partial charge in [0.2, 0.25) is 0 Å². The Morgan fingerprint density at radius 1 is 1.21 bits per heavy atom. The Balaban J connectivity index is 1.81. The van der Waals surface area contributed by atoms with Crippen LogP contribution in [0.3, 0.4) is 0 Å². The molecule has 1 aliphatic heterocycles. The summed E-state index contributed by atoms with van der Waals surface area (Å²) in [5, 5.41) is 4.16. The van der Waals surface area contributed by atoms with E-state index in [4.69, 9.17) is 32.7 Å². The molecule has 0 saturated carbocycles. The Morgan fingerprint density at radius 3 is 2.58 bits per heavy atom. The summed E-state index contributed by atoms with van der Waals surface area (Å²) in [6.07, 6.45) is 0.489. The molecule has 4 nitrogen and oxygen atoms in total. The average molecular weight is 366 g/mol. The molecule has 1 fully saturated rings. The van der Waals surface area contributed by atoms with E-state index in [1.165, 1.54) is 0 Å². The SMILES string of the molecule is COc1cccc(C2(C)CC(Nc3cc(Cl)cc(Cl)c3)C(=O)O2)c1. The number of esters is 1. The van der Waals surface area contributed by atoms with Crippen LogP contribution < -0.4 is 10.1 Å². The number of cyclic esters (lactones) is 1. The monoisotopic (exact) mass is 365 g/mol. The zero-order valence-electron chi connectivity index (χ0n) is 13.3. The van der Waals surface area contributed by atoms with Gasteiger partial charge in [0, 0.05) is 22.2 Å². The lowest BCUT2D eigenvalue weighted by molar-refractivity contribution is -0.148. The number of carbonyl (C=O) groups is 1. The van der Waals surface area contributed by atoms with E-state index in [9.17, 15) is 4.79 Å². The number of benzene rings is 2. The number of rotatable bonds is 4. The van der Waals surface area contributed by atoms with Crippen LogP contribution in [0.2, 0.25) is 10.0 Å². The van der Waals surface area contributed by atoms with Crippen LogP contribution in [0.15, 0.2) is 42.5 Å². The van der Waals surface area contributed by atoms with Crippen molar-refractivity contribution in [2.75, 3.05) is 12.4 Å². The molecule has 0 amide bonds. The number of hydrogen-bond acceptors (Lipinski definition) is 4. The van der Waals surface area contributed by atoms with E-state index in [1.807, 2.05) is 31.2 Å². The van der Waals surface area contributed by atoms with Gasteiger partial charge >= 0.3 is 5.97 Å². The molecule has 0 bridgehead atoms. The van der Waals surface area contributed by atoms with Crippen molar-refractivity contribution < 1.29 is 14.3 Å². The van der Waals surface area contributed by atoms with Gasteiger partial charge in [0.05, 0.1) is 7.11 Å². The Bertz CT molecular complexity index is 760. The standard InChI is InChI=1S/C18H17Cl2NO3/c1-18(11-4-3-5-15(6-11)23-2)10-16(17(22)24-18)21-14-8-12(19)7-13(20)9-14/h3-9,16,21H,10H2,1-2H3. The second-order valence-electron chi connectivity index (χ2n) is 5.94. The molecular formula is C18H17Cl2NO3. The van der Waals surface area contributed by atoms with Crippen LogP contribution in [0.4, 0.5) is 5.69 Å². The van der Waals surface area contributed by atoms with Crippen molar-refractivity contribution in [2.45, 2.75) is 25.0 Å². The summed E-state index contributed by atoms with van der Waals surface area (Å²) < 4.78 is 10.9. The average Bonchev–Trinajstić information content (AvgIpc) is 2.82. The van der Waals surface area contributed by atoms with Crippen LogP contribution >= 0.6 is 23.2 Å². The number of hydrogen-bond donors (Lipinski definition) is 1. The fraction of sp³-hybridized carbons (Fsp3) is 0.278. The molecule has 2 unspecified atom stereocenters. The highest BCUT2D eigenvalue weighted by molar-refractivity contribution is 6.35. The first kappa shape index (κ1) is 16.9. The van der Waals surface area contributed by atoms with E-state index in [0.29, 0.717) is 22.2 Å². The maximum atomic E-state index is 12.3. The molecule has 0 aliphatic carbocycles. The maximum absolute atomic E-state index is 12.3. The molecule has 2 aromatic carbocycles. The van der Waals surface area contributed by atoms with Gasteiger partial charge in [-0.3, -0.25) is 0 Å². The fourth-order valence-electron chi connectivity index (χ4n) is 2.88. The third-order valence-corrected chi connectivity index (χ3v) is 4.52. The molecule has 2 aromatic rings.